The molecule has 34 heavy (non-hydrogen) atoms. The average molecular weight is 483 g/mol. The summed E-state index contributed by atoms with van der Waals surface area (Å²) in [4.78, 5) is 15.7. The van der Waals surface area contributed by atoms with Crippen molar-refractivity contribution in [2.24, 2.45) is 0 Å². The number of amides is 1. The van der Waals surface area contributed by atoms with Gasteiger partial charge in [0.2, 0.25) is 0 Å². The molecule has 1 amide bonds. The van der Waals surface area contributed by atoms with Crippen LogP contribution in [0.1, 0.15) is 68.8 Å². The van der Waals surface area contributed by atoms with Gasteiger partial charge in [0.1, 0.15) is 5.58 Å². The SMILES string of the molecule is CCC(C)S(=O)(=O)c1ccccc1C(=O)Nc1ccc2occ(C3CCN(C(C)C)CC3)c2c1. The Kier molecular flexibility index (Phi) is 7.14. The summed E-state index contributed by atoms with van der Waals surface area (Å²) in [6, 6.07) is 12.6. The third-order valence-corrected chi connectivity index (χ3v) is 9.47. The summed E-state index contributed by atoms with van der Waals surface area (Å²) in [6.45, 7) is 10.1. The molecule has 1 unspecified atom stereocenters. The Morgan fingerprint density at radius 3 is 2.50 bits per heavy atom. The van der Waals surface area contributed by atoms with Crippen LogP contribution in [0.4, 0.5) is 5.69 Å². The van der Waals surface area contributed by atoms with E-state index in [1.54, 1.807) is 31.2 Å². The molecule has 1 N–H and O–H groups in total. The maximum atomic E-state index is 13.1. The number of nitrogens with one attached hydrogen (secondary N) is 1. The van der Waals surface area contributed by atoms with Crippen molar-refractivity contribution in [2.75, 3.05) is 18.4 Å². The van der Waals surface area contributed by atoms with Crippen LogP contribution in [0.3, 0.4) is 0 Å². The second-order valence-electron chi connectivity index (χ2n) is 9.52. The molecule has 2 heterocycles. The fourth-order valence-electron chi connectivity index (χ4n) is 4.71. The van der Waals surface area contributed by atoms with E-state index in [2.05, 4.69) is 24.1 Å². The minimum atomic E-state index is -3.59. The zero-order chi connectivity index (χ0) is 24.5. The van der Waals surface area contributed by atoms with Crippen molar-refractivity contribution in [3.8, 4) is 0 Å². The number of fused-ring (bicyclic) bond motifs is 1. The van der Waals surface area contributed by atoms with E-state index in [-0.39, 0.29) is 10.5 Å². The zero-order valence-electron chi connectivity index (χ0n) is 20.4. The molecule has 0 saturated carbocycles. The van der Waals surface area contributed by atoms with E-state index < -0.39 is 21.0 Å². The van der Waals surface area contributed by atoms with Crippen LogP contribution in [0.2, 0.25) is 0 Å². The van der Waals surface area contributed by atoms with Gasteiger partial charge in [0.05, 0.1) is 22.0 Å². The van der Waals surface area contributed by atoms with E-state index >= 15 is 0 Å². The van der Waals surface area contributed by atoms with E-state index in [1.165, 1.54) is 11.6 Å². The van der Waals surface area contributed by atoms with Gasteiger partial charge in [-0.15, -0.1) is 0 Å². The molecule has 0 bridgehead atoms. The van der Waals surface area contributed by atoms with E-state index in [1.807, 2.05) is 25.3 Å². The van der Waals surface area contributed by atoms with Gasteiger partial charge in [-0.2, -0.15) is 0 Å². The second-order valence-corrected chi connectivity index (χ2v) is 11.9. The van der Waals surface area contributed by atoms with Gasteiger partial charge in [0.15, 0.2) is 9.84 Å². The topological polar surface area (TPSA) is 79.6 Å². The highest BCUT2D eigenvalue weighted by Gasteiger charge is 2.28. The number of carbonyl (C=O) groups excluding carboxylic acids is 1. The molecule has 3 aromatic rings. The van der Waals surface area contributed by atoms with E-state index in [4.69, 9.17) is 4.42 Å². The van der Waals surface area contributed by atoms with Gasteiger partial charge < -0.3 is 14.6 Å². The quantitative estimate of drug-likeness (QED) is 0.457. The number of benzene rings is 2. The summed E-state index contributed by atoms with van der Waals surface area (Å²) in [5.74, 6) is -0.0132. The molecule has 0 radical (unpaired) electrons. The van der Waals surface area contributed by atoms with Crippen molar-refractivity contribution < 1.29 is 17.6 Å². The minimum Gasteiger partial charge on any atom is -0.464 e. The molecule has 1 saturated heterocycles. The molecule has 1 fully saturated rings. The van der Waals surface area contributed by atoms with Crippen LogP contribution in [0.15, 0.2) is 58.0 Å². The maximum Gasteiger partial charge on any atom is 0.256 e. The van der Waals surface area contributed by atoms with Crippen molar-refractivity contribution in [1.29, 1.82) is 0 Å². The largest absolute Gasteiger partial charge is 0.464 e. The lowest BCUT2D eigenvalue weighted by Crippen LogP contribution is -2.37. The van der Waals surface area contributed by atoms with Gasteiger partial charge in [-0.1, -0.05) is 19.1 Å². The summed E-state index contributed by atoms with van der Waals surface area (Å²) in [5, 5.41) is 3.35. The fraction of sp³-hybridized carbons (Fsp3) is 0.444. The first-order valence-electron chi connectivity index (χ1n) is 12.1. The lowest BCUT2D eigenvalue weighted by atomic mass is 9.88. The summed E-state index contributed by atoms with van der Waals surface area (Å²) in [5.41, 5.74) is 2.75. The average Bonchev–Trinajstić information content (AvgIpc) is 3.26. The molecule has 2 aromatic carbocycles. The molecule has 6 nitrogen and oxygen atoms in total. The maximum absolute atomic E-state index is 13.1. The summed E-state index contributed by atoms with van der Waals surface area (Å²) in [6.07, 6.45) is 4.47. The molecular weight excluding hydrogens is 448 g/mol. The van der Waals surface area contributed by atoms with Crippen molar-refractivity contribution >= 4 is 32.4 Å². The standard InChI is InChI=1S/C27H34N2O4S/c1-5-19(4)34(31,32)26-9-7-6-8-22(26)27(30)28-21-10-11-25-23(16-21)24(17-33-25)20-12-14-29(15-13-20)18(2)3/h6-11,16-20H,5,12-15H2,1-4H3,(H,28,30). The van der Waals surface area contributed by atoms with Crippen molar-refractivity contribution in [1.82, 2.24) is 4.90 Å². The molecule has 0 aliphatic carbocycles. The molecule has 4 rings (SSSR count). The monoisotopic (exact) mass is 482 g/mol. The van der Waals surface area contributed by atoms with Crippen molar-refractivity contribution in [2.45, 2.75) is 69.1 Å². The molecule has 7 heteroatoms. The second kappa shape index (κ2) is 9.92. The highest BCUT2D eigenvalue weighted by Crippen LogP contribution is 2.36. The Labute approximate surface area is 202 Å². The highest BCUT2D eigenvalue weighted by atomic mass is 32.2. The Morgan fingerprint density at radius 2 is 1.82 bits per heavy atom. The first kappa shape index (κ1) is 24.5. The van der Waals surface area contributed by atoms with E-state index in [9.17, 15) is 13.2 Å². The van der Waals surface area contributed by atoms with Crippen LogP contribution >= 0.6 is 0 Å². The number of piperidine rings is 1. The molecule has 1 aliphatic rings. The van der Waals surface area contributed by atoms with Crippen molar-refractivity contribution in [3.63, 3.8) is 0 Å². The molecule has 0 spiro atoms. The van der Waals surface area contributed by atoms with Gasteiger partial charge in [0, 0.05) is 22.7 Å². The Morgan fingerprint density at radius 1 is 1.12 bits per heavy atom. The molecule has 1 aromatic heterocycles. The third kappa shape index (κ3) is 4.77. The number of carbonyl (C=O) groups is 1. The number of anilines is 1. The lowest BCUT2D eigenvalue weighted by Gasteiger charge is -2.34. The number of likely N-dealkylation sites (tertiary alicyclic amines) is 1. The van der Waals surface area contributed by atoms with Crippen molar-refractivity contribution in [3.05, 3.63) is 59.9 Å². The van der Waals surface area contributed by atoms with E-state index in [0.717, 1.165) is 36.9 Å². The number of nitrogens with zero attached hydrogens (tertiary/aromatic N) is 1. The summed E-state index contributed by atoms with van der Waals surface area (Å²) in [7, 11) is -3.59. The first-order valence-corrected chi connectivity index (χ1v) is 13.7. The Bertz CT molecular complexity index is 1270. The number of sulfone groups is 1. The van der Waals surface area contributed by atoms with E-state index in [0.29, 0.717) is 24.1 Å². The molecule has 182 valence electrons. The Hall–Kier alpha value is -2.64. The summed E-state index contributed by atoms with van der Waals surface area (Å²) >= 11 is 0. The normalized spacial score (nSPS) is 16.7. The third-order valence-electron chi connectivity index (χ3n) is 7.10. The minimum absolute atomic E-state index is 0.0730. The van der Waals surface area contributed by atoms with Gasteiger partial charge in [-0.05, 0) is 89.4 Å². The fourth-order valence-corrected chi connectivity index (χ4v) is 6.31. The predicted molar refractivity (Wildman–Crippen MR) is 136 cm³/mol. The van der Waals surface area contributed by atoms with Crippen LogP contribution in [-0.4, -0.2) is 43.6 Å². The van der Waals surface area contributed by atoms with Gasteiger partial charge in [-0.25, -0.2) is 8.42 Å². The number of hydrogen-bond acceptors (Lipinski definition) is 5. The molecular formula is C27H34N2O4S. The number of rotatable bonds is 7. The van der Waals surface area contributed by atoms with Gasteiger partial charge >= 0.3 is 0 Å². The van der Waals surface area contributed by atoms with Crippen LogP contribution in [0.5, 0.6) is 0 Å². The highest BCUT2D eigenvalue weighted by molar-refractivity contribution is 7.92. The van der Waals surface area contributed by atoms with Gasteiger partial charge in [0.25, 0.3) is 5.91 Å². The predicted octanol–water partition coefficient (Wildman–Crippen LogP) is 5.85. The van der Waals surface area contributed by atoms with Crippen LogP contribution in [0, 0.1) is 0 Å². The Balaban J connectivity index is 1.59. The number of hydrogen-bond donors (Lipinski definition) is 1. The van der Waals surface area contributed by atoms with Crippen LogP contribution in [-0.2, 0) is 9.84 Å². The first-order chi connectivity index (χ1) is 16.2. The lowest BCUT2D eigenvalue weighted by molar-refractivity contribution is 0.102. The number of furan rings is 1. The zero-order valence-corrected chi connectivity index (χ0v) is 21.2. The van der Waals surface area contributed by atoms with Crippen LogP contribution in [0.25, 0.3) is 11.0 Å². The smallest absolute Gasteiger partial charge is 0.256 e. The summed E-state index contributed by atoms with van der Waals surface area (Å²) < 4.78 is 31.8. The van der Waals surface area contributed by atoms with Crippen LogP contribution < -0.4 is 5.32 Å². The molecule has 1 atom stereocenters. The van der Waals surface area contributed by atoms with Gasteiger partial charge in [-0.3, -0.25) is 4.79 Å². The molecule has 1 aliphatic heterocycles.